The number of carbonyl (C=O) groups is 1. The molecule has 0 atom stereocenters. The maximum Gasteiger partial charge on any atom is 0.360 e. The van der Waals surface area contributed by atoms with Crippen molar-refractivity contribution in [2.24, 2.45) is 0 Å². The Bertz CT molecular complexity index is 930. The molecule has 3 aromatic rings. The monoisotopic (exact) mass is 362 g/mol. The molecule has 0 aliphatic rings. The first-order valence-electron chi connectivity index (χ1n) is 7.86. The van der Waals surface area contributed by atoms with Crippen LogP contribution in [0, 0.1) is 0 Å². The summed E-state index contributed by atoms with van der Waals surface area (Å²) in [4.78, 5) is 33.4. The molecule has 0 saturated carbocycles. The fourth-order valence-corrected chi connectivity index (χ4v) is 2.95. The highest BCUT2D eigenvalue weighted by atomic mass is 32.1. The Labute approximate surface area is 147 Å². The molecule has 0 saturated heterocycles. The lowest BCUT2D eigenvalue weighted by molar-refractivity contribution is 0.0588. The van der Waals surface area contributed by atoms with Gasteiger partial charge >= 0.3 is 11.5 Å². The smallest absolute Gasteiger partial charge is 0.360 e. The van der Waals surface area contributed by atoms with Crippen LogP contribution in [0.1, 0.15) is 35.3 Å². The lowest BCUT2D eigenvalue weighted by Crippen LogP contribution is -2.23. The van der Waals surface area contributed by atoms with E-state index in [4.69, 9.17) is 9.47 Å². The largest absolute Gasteiger partial charge is 0.486 e. The minimum absolute atomic E-state index is 0.0789. The van der Waals surface area contributed by atoms with Gasteiger partial charge in [0.05, 0.1) is 20.3 Å². The number of esters is 1. The molecule has 132 valence electrons. The summed E-state index contributed by atoms with van der Waals surface area (Å²) in [6, 6.07) is 0. The van der Waals surface area contributed by atoms with Crippen molar-refractivity contribution in [3.63, 3.8) is 0 Å². The van der Waals surface area contributed by atoms with Crippen molar-refractivity contribution in [2.75, 3.05) is 13.7 Å². The van der Waals surface area contributed by atoms with Gasteiger partial charge in [-0.1, -0.05) is 13.3 Å². The molecular formula is C16H18N4O4S. The number of thiazole rings is 1. The average Bonchev–Trinajstić information content (AvgIpc) is 3.27. The molecule has 0 spiro atoms. The Hall–Kier alpha value is -2.68. The van der Waals surface area contributed by atoms with Crippen LogP contribution in [0.2, 0.25) is 0 Å². The van der Waals surface area contributed by atoms with E-state index < -0.39 is 11.5 Å². The topological polar surface area (TPSA) is 87.7 Å². The zero-order valence-corrected chi connectivity index (χ0v) is 14.8. The Balaban J connectivity index is 2.08. The Morgan fingerprint density at radius 2 is 2.20 bits per heavy atom. The molecule has 0 radical (unpaired) electrons. The number of hydrogen-bond acceptors (Lipinski definition) is 7. The molecule has 0 amide bonds. The first-order valence-corrected chi connectivity index (χ1v) is 8.74. The SMILES string of the molecule is CCCCOc1c(C(=O)OC)nc2n(Cc3nccs3)ccn2c1=O. The van der Waals surface area contributed by atoms with Gasteiger partial charge in [0.25, 0.3) is 0 Å². The molecule has 25 heavy (non-hydrogen) atoms. The molecule has 3 rings (SSSR count). The van der Waals surface area contributed by atoms with Crippen molar-refractivity contribution in [2.45, 2.75) is 26.3 Å². The van der Waals surface area contributed by atoms with Crippen LogP contribution in [-0.2, 0) is 11.3 Å². The highest BCUT2D eigenvalue weighted by molar-refractivity contribution is 7.09. The summed E-state index contributed by atoms with van der Waals surface area (Å²) >= 11 is 1.50. The van der Waals surface area contributed by atoms with Gasteiger partial charge in [-0.15, -0.1) is 11.3 Å². The van der Waals surface area contributed by atoms with Crippen molar-refractivity contribution in [3.05, 3.63) is 45.0 Å². The molecular weight excluding hydrogens is 344 g/mol. The van der Waals surface area contributed by atoms with Crippen molar-refractivity contribution >= 4 is 23.1 Å². The molecule has 0 aromatic carbocycles. The summed E-state index contributed by atoms with van der Waals surface area (Å²) in [5, 5.41) is 2.75. The Morgan fingerprint density at radius 3 is 2.88 bits per heavy atom. The summed E-state index contributed by atoms with van der Waals surface area (Å²) in [5.74, 6) is -0.443. The summed E-state index contributed by atoms with van der Waals surface area (Å²) in [5.41, 5.74) is -0.540. The van der Waals surface area contributed by atoms with Crippen LogP contribution in [0.5, 0.6) is 5.75 Å². The maximum atomic E-state index is 12.7. The van der Waals surface area contributed by atoms with Gasteiger partial charge in [-0.05, 0) is 6.42 Å². The fraction of sp³-hybridized carbons (Fsp3) is 0.375. The standard InChI is InChI=1S/C16H18N4O4S/c1-3-4-8-24-13-12(15(22)23-2)18-16-19(6-7-20(16)14(13)21)10-11-17-5-9-25-11/h5-7,9H,3-4,8,10H2,1-2H3. The lowest BCUT2D eigenvalue weighted by atomic mass is 10.3. The molecule has 0 fully saturated rings. The number of methoxy groups -OCH3 is 1. The van der Waals surface area contributed by atoms with Crippen LogP contribution in [0.25, 0.3) is 5.78 Å². The fourth-order valence-electron chi connectivity index (χ4n) is 2.34. The molecule has 0 N–H and O–H groups in total. The average molecular weight is 362 g/mol. The maximum absolute atomic E-state index is 12.7. The predicted molar refractivity (Wildman–Crippen MR) is 92.4 cm³/mol. The van der Waals surface area contributed by atoms with Crippen molar-refractivity contribution < 1.29 is 14.3 Å². The van der Waals surface area contributed by atoms with Gasteiger partial charge in [-0.2, -0.15) is 0 Å². The number of carbonyl (C=O) groups excluding carboxylic acids is 1. The second-order valence-electron chi connectivity index (χ2n) is 5.31. The van der Waals surface area contributed by atoms with E-state index >= 15 is 0 Å². The highest BCUT2D eigenvalue weighted by Crippen LogP contribution is 2.16. The van der Waals surface area contributed by atoms with E-state index in [-0.39, 0.29) is 11.4 Å². The summed E-state index contributed by atoms with van der Waals surface area (Å²) in [6.07, 6.45) is 6.72. The predicted octanol–water partition coefficient (Wildman–Crippen LogP) is 1.97. The van der Waals surface area contributed by atoms with Gasteiger partial charge in [0.15, 0.2) is 5.69 Å². The normalized spacial score (nSPS) is 11.0. The van der Waals surface area contributed by atoms with Crippen LogP contribution in [0.4, 0.5) is 0 Å². The minimum atomic E-state index is -0.701. The number of fused-ring (bicyclic) bond motifs is 1. The third-order valence-electron chi connectivity index (χ3n) is 3.62. The van der Waals surface area contributed by atoms with Gasteiger partial charge in [-0.3, -0.25) is 4.79 Å². The first-order chi connectivity index (χ1) is 12.2. The van der Waals surface area contributed by atoms with Crippen LogP contribution < -0.4 is 10.3 Å². The molecule has 0 bridgehead atoms. The second kappa shape index (κ2) is 7.47. The lowest BCUT2D eigenvalue weighted by Gasteiger charge is -2.10. The van der Waals surface area contributed by atoms with Crippen molar-refractivity contribution in [1.82, 2.24) is 18.9 Å². The van der Waals surface area contributed by atoms with E-state index in [0.717, 1.165) is 17.8 Å². The number of ether oxygens (including phenoxy) is 2. The number of hydrogen-bond donors (Lipinski definition) is 0. The number of aromatic nitrogens is 4. The third-order valence-corrected chi connectivity index (χ3v) is 4.38. The zero-order chi connectivity index (χ0) is 17.8. The van der Waals surface area contributed by atoms with E-state index in [9.17, 15) is 9.59 Å². The number of imidazole rings is 1. The van der Waals surface area contributed by atoms with Gasteiger partial charge in [-0.25, -0.2) is 19.2 Å². The van der Waals surface area contributed by atoms with E-state index in [1.54, 1.807) is 23.2 Å². The van der Waals surface area contributed by atoms with Crippen molar-refractivity contribution in [1.29, 1.82) is 0 Å². The highest BCUT2D eigenvalue weighted by Gasteiger charge is 2.23. The number of rotatable bonds is 7. The van der Waals surface area contributed by atoms with Gasteiger partial charge in [0, 0.05) is 24.0 Å². The van der Waals surface area contributed by atoms with Crippen LogP contribution in [0.3, 0.4) is 0 Å². The zero-order valence-electron chi connectivity index (χ0n) is 14.0. The van der Waals surface area contributed by atoms with E-state index in [2.05, 4.69) is 9.97 Å². The molecule has 8 nitrogen and oxygen atoms in total. The third kappa shape index (κ3) is 3.41. The molecule has 0 aliphatic carbocycles. The van der Waals surface area contributed by atoms with Gasteiger partial charge in [0.1, 0.15) is 5.01 Å². The first kappa shape index (κ1) is 17.2. The second-order valence-corrected chi connectivity index (χ2v) is 6.29. The quantitative estimate of drug-likeness (QED) is 0.472. The van der Waals surface area contributed by atoms with Crippen LogP contribution in [-0.4, -0.2) is 38.6 Å². The molecule has 3 heterocycles. The molecule has 3 aromatic heterocycles. The van der Waals surface area contributed by atoms with E-state index in [1.165, 1.54) is 22.8 Å². The summed E-state index contributed by atoms with van der Waals surface area (Å²) in [6.45, 7) is 2.80. The van der Waals surface area contributed by atoms with E-state index in [0.29, 0.717) is 18.9 Å². The molecule has 9 heteroatoms. The van der Waals surface area contributed by atoms with Gasteiger partial charge in [0.2, 0.25) is 11.5 Å². The Morgan fingerprint density at radius 1 is 1.36 bits per heavy atom. The van der Waals surface area contributed by atoms with Gasteiger partial charge < -0.3 is 14.0 Å². The molecule has 0 unspecified atom stereocenters. The van der Waals surface area contributed by atoms with E-state index in [1.807, 2.05) is 12.3 Å². The summed E-state index contributed by atoms with van der Waals surface area (Å²) in [7, 11) is 1.25. The Kier molecular flexibility index (Phi) is 5.13. The number of nitrogens with zero attached hydrogens (tertiary/aromatic N) is 4. The van der Waals surface area contributed by atoms with Crippen molar-refractivity contribution in [3.8, 4) is 5.75 Å². The summed E-state index contributed by atoms with van der Waals surface area (Å²) < 4.78 is 13.4. The van der Waals surface area contributed by atoms with Crippen LogP contribution >= 0.6 is 11.3 Å². The van der Waals surface area contributed by atoms with Crippen LogP contribution in [0.15, 0.2) is 28.8 Å². The number of unbranched alkanes of at least 4 members (excludes halogenated alkanes) is 1. The molecule has 0 aliphatic heterocycles. The minimum Gasteiger partial charge on any atom is -0.486 e.